The molecule has 9 heteroatoms. The third kappa shape index (κ3) is 5.67. The Morgan fingerprint density at radius 2 is 1.97 bits per heavy atom. The van der Waals surface area contributed by atoms with E-state index in [0.29, 0.717) is 25.5 Å². The number of hydrogen-bond donors (Lipinski definition) is 1. The van der Waals surface area contributed by atoms with E-state index >= 15 is 0 Å². The van der Waals surface area contributed by atoms with Gasteiger partial charge in [0.25, 0.3) is 0 Å². The lowest BCUT2D eigenvalue weighted by atomic mass is 9.99. The fourth-order valence-corrected chi connectivity index (χ4v) is 4.35. The lowest BCUT2D eigenvalue weighted by molar-refractivity contribution is -0.137. The van der Waals surface area contributed by atoms with Crippen LogP contribution in [0.2, 0.25) is 0 Å². The number of aromatic nitrogens is 2. The first kappa shape index (κ1) is 25.6. The van der Waals surface area contributed by atoms with Gasteiger partial charge in [-0.1, -0.05) is 31.2 Å². The molecule has 2 heterocycles. The number of aliphatic hydroxyl groups is 1. The Morgan fingerprint density at radius 1 is 1.19 bits per heavy atom. The molecule has 1 aliphatic rings. The Labute approximate surface area is 208 Å². The Kier molecular flexibility index (Phi) is 7.31. The van der Waals surface area contributed by atoms with E-state index in [0.717, 1.165) is 40.3 Å². The van der Waals surface area contributed by atoms with Crippen LogP contribution in [0, 0.1) is 12.8 Å². The third-order valence-corrected chi connectivity index (χ3v) is 6.33. The Balaban J connectivity index is 1.53. The molecule has 0 saturated carbocycles. The summed E-state index contributed by atoms with van der Waals surface area (Å²) in [5, 5.41) is 9.32. The van der Waals surface area contributed by atoms with Gasteiger partial charge in [-0.25, -0.2) is 9.97 Å². The number of hydrogen-bond acceptors (Lipinski definition) is 6. The molecular formula is C27H29F3N4O2. The van der Waals surface area contributed by atoms with Crippen LogP contribution in [0.4, 0.5) is 24.7 Å². The normalized spacial score (nSPS) is 14.5. The second-order valence-corrected chi connectivity index (χ2v) is 9.46. The number of Topliss-reactive ketones (excluding diaryl/α,β-unsaturated/α-hetero) is 1. The fourth-order valence-electron chi connectivity index (χ4n) is 4.35. The number of aryl methyl sites for hydroxylation is 1. The number of aliphatic hydroxyl groups excluding tert-OH is 1. The molecule has 2 aromatic carbocycles. The van der Waals surface area contributed by atoms with Crippen LogP contribution in [0.15, 0.2) is 48.7 Å². The van der Waals surface area contributed by atoms with Crippen molar-refractivity contribution in [1.29, 1.82) is 0 Å². The van der Waals surface area contributed by atoms with Crippen molar-refractivity contribution in [2.75, 3.05) is 30.1 Å². The summed E-state index contributed by atoms with van der Waals surface area (Å²) in [5.74, 6) is 1.27. The minimum absolute atomic E-state index is 0.00433. The summed E-state index contributed by atoms with van der Waals surface area (Å²) in [7, 11) is 1.95. The second kappa shape index (κ2) is 10.3. The number of rotatable bonds is 7. The van der Waals surface area contributed by atoms with Crippen LogP contribution in [0.25, 0.3) is 0 Å². The molecule has 1 N–H and O–H groups in total. The number of carbonyl (C=O) groups is 1. The SMILES string of the molecule is Cc1ccc(CC(=O)c2cccc(C(F)(F)F)c2)cc1N1Cc2cnc(C[C@@H](C)CO)nc2N(C)C1. The van der Waals surface area contributed by atoms with Crippen LogP contribution in [0.3, 0.4) is 0 Å². The summed E-state index contributed by atoms with van der Waals surface area (Å²) in [6.07, 6.45) is -2.07. The molecule has 6 nitrogen and oxygen atoms in total. The first-order chi connectivity index (χ1) is 17.0. The van der Waals surface area contributed by atoms with Crippen molar-refractivity contribution >= 4 is 17.3 Å². The van der Waals surface area contributed by atoms with Crippen LogP contribution in [-0.2, 0) is 25.6 Å². The quantitative estimate of drug-likeness (QED) is 0.472. The maximum absolute atomic E-state index is 13.1. The Hall–Kier alpha value is -3.46. The van der Waals surface area contributed by atoms with Crippen molar-refractivity contribution in [3.8, 4) is 0 Å². The zero-order chi connectivity index (χ0) is 26.0. The number of anilines is 2. The standard InChI is InChI=1S/C27H29F3N4O2/c1-17(15-35)9-25-31-13-21-14-34(16-33(3)26(21)32-25)23-10-19(8-7-18(23)2)11-24(36)20-5-4-6-22(12-20)27(28,29)30/h4-8,10,12-13,17,35H,9,11,14-16H2,1-3H3/t17-/m1/s1. The Morgan fingerprint density at radius 3 is 2.69 bits per heavy atom. The monoisotopic (exact) mass is 498 g/mol. The van der Waals surface area contributed by atoms with Crippen molar-refractivity contribution in [3.63, 3.8) is 0 Å². The van der Waals surface area contributed by atoms with Gasteiger partial charge < -0.3 is 14.9 Å². The maximum Gasteiger partial charge on any atom is 0.416 e. The lowest BCUT2D eigenvalue weighted by Gasteiger charge is -2.37. The van der Waals surface area contributed by atoms with E-state index in [1.54, 1.807) is 0 Å². The highest BCUT2D eigenvalue weighted by Gasteiger charge is 2.31. The minimum atomic E-state index is -4.49. The summed E-state index contributed by atoms with van der Waals surface area (Å²) >= 11 is 0. The molecule has 0 radical (unpaired) electrons. The molecule has 190 valence electrons. The molecule has 0 saturated heterocycles. The van der Waals surface area contributed by atoms with Crippen molar-refractivity contribution in [2.45, 2.75) is 39.4 Å². The predicted molar refractivity (Wildman–Crippen MR) is 132 cm³/mol. The molecule has 36 heavy (non-hydrogen) atoms. The van der Waals surface area contributed by atoms with Gasteiger partial charge in [0.2, 0.25) is 0 Å². The Bertz CT molecular complexity index is 1260. The number of halogens is 3. The maximum atomic E-state index is 13.1. The highest BCUT2D eigenvalue weighted by Crippen LogP contribution is 2.32. The largest absolute Gasteiger partial charge is 0.416 e. The van der Waals surface area contributed by atoms with Gasteiger partial charge in [-0.15, -0.1) is 0 Å². The topological polar surface area (TPSA) is 69.6 Å². The van der Waals surface area contributed by atoms with E-state index in [1.807, 2.05) is 50.2 Å². The molecule has 0 bridgehead atoms. The first-order valence-electron chi connectivity index (χ1n) is 11.8. The number of fused-ring (bicyclic) bond motifs is 1. The first-order valence-corrected chi connectivity index (χ1v) is 11.8. The summed E-state index contributed by atoms with van der Waals surface area (Å²) in [4.78, 5) is 26.2. The van der Waals surface area contributed by atoms with Gasteiger partial charge >= 0.3 is 6.18 Å². The summed E-state index contributed by atoms with van der Waals surface area (Å²) < 4.78 is 39.2. The van der Waals surface area contributed by atoms with Crippen molar-refractivity contribution < 1.29 is 23.1 Å². The van der Waals surface area contributed by atoms with Gasteiger partial charge in [-0.05, 0) is 42.2 Å². The van der Waals surface area contributed by atoms with E-state index in [4.69, 9.17) is 4.98 Å². The third-order valence-electron chi connectivity index (χ3n) is 6.33. The summed E-state index contributed by atoms with van der Waals surface area (Å²) in [6.45, 7) is 5.17. The highest BCUT2D eigenvalue weighted by atomic mass is 19.4. The van der Waals surface area contributed by atoms with Crippen molar-refractivity contribution in [1.82, 2.24) is 9.97 Å². The molecular weight excluding hydrogens is 469 g/mol. The number of nitrogens with zero attached hydrogens (tertiary/aromatic N) is 4. The minimum Gasteiger partial charge on any atom is -0.396 e. The van der Waals surface area contributed by atoms with Gasteiger partial charge in [0, 0.05) is 56.1 Å². The smallest absolute Gasteiger partial charge is 0.396 e. The van der Waals surface area contributed by atoms with Crippen LogP contribution in [0.1, 0.15) is 45.4 Å². The number of carbonyl (C=O) groups excluding carboxylic acids is 1. The lowest BCUT2D eigenvalue weighted by Crippen LogP contribution is -2.41. The molecule has 0 fully saturated rings. The van der Waals surface area contributed by atoms with Gasteiger partial charge in [0.05, 0.1) is 12.2 Å². The van der Waals surface area contributed by atoms with E-state index in [-0.39, 0.29) is 30.3 Å². The molecule has 0 aliphatic carbocycles. The molecule has 0 amide bonds. The molecule has 0 unspecified atom stereocenters. The zero-order valence-electron chi connectivity index (χ0n) is 20.5. The van der Waals surface area contributed by atoms with E-state index < -0.39 is 11.7 Å². The van der Waals surface area contributed by atoms with Crippen molar-refractivity contribution in [2.24, 2.45) is 5.92 Å². The molecule has 0 spiro atoms. The summed E-state index contributed by atoms with van der Waals surface area (Å²) in [6, 6.07) is 10.2. The van der Waals surface area contributed by atoms with Gasteiger partial charge in [0.15, 0.2) is 5.78 Å². The molecule has 1 aliphatic heterocycles. The van der Waals surface area contributed by atoms with Crippen LogP contribution in [-0.4, -0.2) is 41.2 Å². The second-order valence-electron chi connectivity index (χ2n) is 9.46. The average molecular weight is 499 g/mol. The van der Waals surface area contributed by atoms with E-state index in [1.165, 1.54) is 12.1 Å². The van der Waals surface area contributed by atoms with Crippen LogP contribution >= 0.6 is 0 Å². The predicted octanol–water partition coefficient (Wildman–Crippen LogP) is 4.81. The summed E-state index contributed by atoms with van der Waals surface area (Å²) in [5.41, 5.74) is 2.88. The van der Waals surface area contributed by atoms with Gasteiger partial charge in [-0.2, -0.15) is 13.2 Å². The van der Waals surface area contributed by atoms with Crippen molar-refractivity contribution in [3.05, 3.63) is 82.3 Å². The van der Waals surface area contributed by atoms with E-state index in [9.17, 15) is 23.1 Å². The molecule has 3 aromatic rings. The van der Waals surface area contributed by atoms with E-state index in [2.05, 4.69) is 9.88 Å². The van der Waals surface area contributed by atoms with Crippen LogP contribution in [0.5, 0.6) is 0 Å². The highest BCUT2D eigenvalue weighted by molar-refractivity contribution is 5.97. The average Bonchev–Trinajstić information content (AvgIpc) is 2.85. The van der Waals surface area contributed by atoms with Gasteiger partial charge in [-0.3, -0.25) is 4.79 Å². The number of benzene rings is 2. The molecule has 1 aromatic heterocycles. The molecule has 4 rings (SSSR count). The number of alkyl halides is 3. The molecule has 1 atom stereocenters. The van der Waals surface area contributed by atoms with Gasteiger partial charge in [0.1, 0.15) is 11.6 Å². The zero-order valence-corrected chi connectivity index (χ0v) is 20.5. The fraction of sp³-hybridized carbons (Fsp3) is 0.370. The van der Waals surface area contributed by atoms with Crippen LogP contribution < -0.4 is 9.80 Å². The number of ketones is 1.